The van der Waals surface area contributed by atoms with E-state index in [1.165, 1.54) is 6.07 Å². The third kappa shape index (κ3) is 4.32. The summed E-state index contributed by atoms with van der Waals surface area (Å²) in [5.41, 5.74) is 2.64. The van der Waals surface area contributed by atoms with Crippen molar-refractivity contribution in [2.45, 2.75) is 12.7 Å². The molecule has 170 valence electrons. The fraction of sp³-hybridized carbons (Fsp3) is 0.368. The first kappa shape index (κ1) is 22.2. The van der Waals surface area contributed by atoms with Crippen LogP contribution in [0.1, 0.15) is 5.69 Å². The van der Waals surface area contributed by atoms with Gasteiger partial charge in [0, 0.05) is 39.3 Å². The molecule has 0 bridgehead atoms. The zero-order valence-corrected chi connectivity index (χ0v) is 17.4. The molecule has 0 saturated carbocycles. The maximum absolute atomic E-state index is 14.0. The minimum atomic E-state index is -4.97. The molecule has 32 heavy (non-hydrogen) atoms. The Kier molecular flexibility index (Phi) is 5.91. The predicted molar refractivity (Wildman–Crippen MR) is 111 cm³/mol. The van der Waals surface area contributed by atoms with E-state index in [9.17, 15) is 22.4 Å². The van der Waals surface area contributed by atoms with Gasteiger partial charge in [-0.25, -0.2) is 9.37 Å². The molecule has 3 heterocycles. The van der Waals surface area contributed by atoms with E-state index in [1.807, 2.05) is 9.80 Å². The van der Waals surface area contributed by atoms with E-state index in [4.69, 9.17) is 17.3 Å². The van der Waals surface area contributed by atoms with Crippen LogP contribution in [0.5, 0.6) is 0 Å². The molecule has 0 spiro atoms. The number of rotatable bonds is 4. The summed E-state index contributed by atoms with van der Waals surface area (Å²) in [5.74, 6) is -0.597. The molecule has 1 fully saturated rings. The molecule has 2 aromatic heterocycles. The SMILES string of the molecule is Nc1nc(Cl)c2nc(C(F)(F)F)c(=O)n(CCN3CCN(c4ccccc4F)CC3)c2n1. The first-order valence-electron chi connectivity index (χ1n) is 9.67. The van der Waals surface area contributed by atoms with Crippen LogP contribution in [0.25, 0.3) is 11.2 Å². The number of anilines is 2. The second-order valence-corrected chi connectivity index (χ2v) is 7.60. The number of halogens is 5. The quantitative estimate of drug-likeness (QED) is 0.461. The summed E-state index contributed by atoms with van der Waals surface area (Å²) in [6.45, 7) is 2.31. The van der Waals surface area contributed by atoms with Crippen molar-refractivity contribution < 1.29 is 17.6 Å². The van der Waals surface area contributed by atoms with Crippen LogP contribution in [0, 0.1) is 5.82 Å². The highest BCUT2D eigenvalue weighted by Crippen LogP contribution is 2.28. The monoisotopic (exact) mass is 471 g/mol. The number of nitrogens with two attached hydrogens (primary N) is 1. The lowest BCUT2D eigenvalue weighted by Gasteiger charge is -2.36. The zero-order chi connectivity index (χ0) is 23.0. The van der Waals surface area contributed by atoms with Gasteiger partial charge in [0.15, 0.2) is 10.8 Å². The van der Waals surface area contributed by atoms with Crippen LogP contribution in [0.15, 0.2) is 29.1 Å². The van der Waals surface area contributed by atoms with Crippen molar-refractivity contribution in [1.29, 1.82) is 0 Å². The van der Waals surface area contributed by atoms with Crippen molar-refractivity contribution in [3.05, 3.63) is 51.3 Å². The second kappa shape index (κ2) is 8.51. The number of alkyl halides is 3. The molecule has 0 unspecified atom stereocenters. The highest BCUT2D eigenvalue weighted by molar-refractivity contribution is 6.33. The van der Waals surface area contributed by atoms with Gasteiger partial charge in [0.05, 0.1) is 5.69 Å². The van der Waals surface area contributed by atoms with Gasteiger partial charge in [0.25, 0.3) is 5.56 Å². The lowest BCUT2D eigenvalue weighted by Crippen LogP contribution is -2.48. The van der Waals surface area contributed by atoms with Crippen molar-refractivity contribution in [2.75, 3.05) is 43.4 Å². The van der Waals surface area contributed by atoms with Crippen LogP contribution >= 0.6 is 11.6 Å². The van der Waals surface area contributed by atoms with Gasteiger partial charge in [-0.3, -0.25) is 14.3 Å². The molecule has 8 nitrogen and oxygen atoms in total. The zero-order valence-electron chi connectivity index (χ0n) is 16.6. The normalized spacial score (nSPS) is 15.5. The van der Waals surface area contributed by atoms with E-state index >= 15 is 0 Å². The van der Waals surface area contributed by atoms with Crippen LogP contribution < -0.4 is 16.2 Å². The number of piperazine rings is 1. The Morgan fingerprint density at radius 2 is 1.72 bits per heavy atom. The minimum absolute atomic E-state index is 0.0899. The lowest BCUT2D eigenvalue weighted by molar-refractivity contribution is -0.142. The number of benzene rings is 1. The third-order valence-corrected chi connectivity index (χ3v) is 5.50. The first-order chi connectivity index (χ1) is 15.1. The van der Waals surface area contributed by atoms with Gasteiger partial charge in [-0.15, -0.1) is 0 Å². The Morgan fingerprint density at radius 1 is 1.03 bits per heavy atom. The number of nitrogen functional groups attached to an aromatic ring is 1. The summed E-state index contributed by atoms with van der Waals surface area (Å²) >= 11 is 5.92. The number of para-hydroxylation sites is 1. The molecule has 1 aliphatic rings. The van der Waals surface area contributed by atoms with Crippen LogP contribution in [0.3, 0.4) is 0 Å². The van der Waals surface area contributed by atoms with Gasteiger partial charge in [-0.05, 0) is 12.1 Å². The molecule has 1 saturated heterocycles. The average molecular weight is 472 g/mol. The van der Waals surface area contributed by atoms with Gasteiger partial charge < -0.3 is 10.6 Å². The Hall–Kier alpha value is -2.99. The number of hydrogen-bond acceptors (Lipinski definition) is 7. The molecule has 0 amide bonds. The topological polar surface area (TPSA) is 93.2 Å². The van der Waals surface area contributed by atoms with E-state index < -0.39 is 17.4 Å². The Morgan fingerprint density at radius 3 is 2.38 bits per heavy atom. The van der Waals surface area contributed by atoms with Gasteiger partial charge in [0.1, 0.15) is 11.3 Å². The van der Waals surface area contributed by atoms with Gasteiger partial charge in [0.2, 0.25) is 11.6 Å². The smallest absolute Gasteiger partial charge is 0.368 e. The molecule has 0 atom stereocenters. The van der Waals surface area contributed by atoms with E-state index in [0.717, 1.165) is 4.57 Å². The molecular formula is C19H18ClF4N7O. The Bertz CT molecular complexity index is 1210. The van der Waals surface area contributed by atoms with Crippen molar-refractivity contribution in [3.8, 4) is 0 Å². The lowest BCUT2D eigenvalue weighted by atomic mass is 10.2. The van der Waals surface area contributed by atoms with Crippen LogP contribution in [0.4, 0.5) is 29.2 Å². The van der Waals surface area contributed by atoms with Crippen LogP contribution in [0.2, 0.25) is 5.15 Å². The largest absolute Gasteiger partial charge is 0.438 e. The molecule has 3 aromatic rings. The molecular weight excluding hydrogens is 454 g/mol. The molecule has 13 heteroatoms. The van der Waals surface area contributed by atoms with Gasteiger partial charge >= 0.3 is 6.18 Å². The van der Waals surface area contributed by atoms with Gasteiger partial charge in [-0.1, -0.05) is 23.7 Å². The summed E-state index contributed by atoms with van der Waals surface area (Å²) < 4.78 is 55.0. The molecule has 1 aliphatic heterocycles. The number of fused-ring (bicyclic) bond motifs is 1. The Balaban J connectivity index is 1.56. The summed E-state index contributed by atoms with van der Waals surface area (Å²) in [6, 6.07) is 6.45. The minimum Gasteiger partial charge on any atom is -0.368 e. The summed E-state index contributed by atoms with van der Waals surface area (Å²) in [5, 5.41) is -0.370. The van der Waals surface area contributed by atoms with Crippen molar-refractivity contribution >= 4 is 34.4 Å². The Labute approximate surface area is 184 Å². The van der Waals surface area contributed by atoms with Gasteiger partial charge in [-0.2, -0.15) is 23.1 Å². The van der Waals surface area contributed by atoms with Crippen molar-refractivity contribution in [3.63, 3.8) is 0 Å². The maximum Gasteiger partial charge on any atom is 0.438 e. The first-order valence-corrected chi connectivity index (χ1v) is 10.1. The van der Waals surface area contributed by atoms with E-state index in [0.29, 0.717) is 31.9 Å². The van der Waals surface area contributed by atoms with Crippen molar-refractivity contribution in [1.82, 2.24) is 24.4 Å². The van der Waals surface area contributed by atoms with Crippen LogP contribution in [-0.2, 0) is 12.7 Å². The number of hydrogen-bond donors (Lipinski definition) is 1. The fourth-order valence-corrected chi connectivity index (χ4v) is 3.87. The predicted octanol–water partition coefficient (Wildman–Crippen LogP) is 2.40. The fourth-order valence-electron chi connectivity index (χ4n) is 3.65. The van der Waals surface area contributed by atoms with Crippen LogP contribution in [-0.4, -0.2) is 57.1 Å². The number of aromatic nitrogens is 4. The number of nitrogens with zero attached hydrogens (tertiary/aromatic N) is 6. The molecule has 0 radical (unpaired) electrons. The van der Waals surface area contributed by atoms with E-state index in [2.05, 4.69) is 15.0 Å². The molecule has 2 N–H and O–H groups in total. The molecule has 0 aliphatic carbocycles. The van der Waals surface area contributed by atoms with E-state index in [1.54, 1.807) is 18.2 Å². The third-order valence-electron chi connectivity index (χ3n) is 5.24. The van der Waals surface area contributed by atoms with E-state index in [-0.39, 0.29) is 41.2 Å². The highest BCUT2D eigenvalue weighted by atomic mass is 35.5. The average Bonchev–Trinajstić information content (AvgIpc) is 2.73. The highest BCUT2D eigenvalue weighted by Gasteiger charge is 2.38. The standard InChI is InChI=1S/C19H18ClF4N7O/c20-15-13-16(28-18(25)27-15)31(17(32)14(26-13)19(22,23)24)10-7-29-5-8-30(9-6-29)12-4-2-1-3-11(12)21/h1-4H,5-10H2,(H2,25,27,28). The second-order valence-electron chi connectivity index (χ2n) is 7.24. The molecule has 1 aromatic carbocycles. The summed E-state index contributed by atoms with van der Waals surface area (Å²) in [4.78, 5) is 27.3. The molecule has 4 rings (SSSR count). The summed E-state index contributed by atoms with van der Waals surface area (Å²) in [7, 11) is 0. The maximum atomic E-state index is 14.0. The summed E-state index contributed by atoms with van der Waals surface area (Å²) in [6.07, 6.45) is -4.97. The van der Waals surface area contributed by atoms with Crippen molar-refractivity contribution in [2.24, 2.45) is 0 Å².